The van der Waals surface area contributed by atoms with Crippen molar-refractivity contribution < 1.29 is 17.9 Å². The van der Waals surface area contributed by atoms with Gasteiger partial charge in [0.05, 0.1) is 5.75 Å². The molecule has 6 heteroatoms. The Morgan fingerprint density at radius 2 is 1.88 bits per heavy atom. The molecule has 0 aliphatic carbocycles. The van der Waals surface area contributed by atoms with Crippen LogP contribution >= 0.6 is 10.7 Å². The molecule has 1 atom stereocenters. The van der Waals surface area contributed by atoms with E-state index in [1.807, 2.05) is 6.92 Å². The van der Waals surface area contributed by atoms with E-state index >= 15 is 0 Å². The molecule has 0 aliphatic heterocycles. The Morgan fingerprint density at radius 1 is 1.19 bits per heavy atom. The van der Waals surface area contributed by atoms with Crippen molar-refractivity contribution in [1.82, 2.24) is 0 Å². The van der Waals surface area contributed by atoms with Crippen molar-refractivity contribution >= 4 is 19.7 Å². The fraction of sp³-hybridized carbons (Fsp3) is 1.00. The second-order valence-electron chi connectivity index (χ2n) is 3.88. The predicted molar refractivity (Wildman–Crippen MR) is 65.3 cm³/mol. The van der Waals surface area contributed by atoms with Gasteiger partial charge in [-0.2, -0.15) is 0 Å². The molecule has 0 aliphatic rings. The van der Waals surface area contributed by atoms with Crippen LogP contribution in [0.1, 0.15) is 26.2 Å². The zero-order valence-electron chi connectivity index (χ0n) is 9.95. The molecular formula is C10H21ClO4S. The van der Waals surface area contributed by atoms with Crippen molar-refractivity contribution in [3.05, 3.63) is 0 Å². The minimum Gasteiger partial charge on any atom is -0.385 e. The lowest BCUT2D eigenvalue weighted by Crippen LogP contribution is -2.08. The van der Waals surface area contributed by atoms with Crippen LogP contribution in [0.3, 0.4) is 0 Å². The third-order valence-corrected chi connectivity index (χ3v) is 3.43. The lowest BCUT2D eigenvalue weighted by atomic mass is 10.1. The summed E-state index contributed by atoms with van der Waals surface area (Å²) in [6.07, 6.45) is 2.34. The first-order valence-corrected chi connectivity index (χ1v) is 7.92. The Bertz CT molecular complexity index is 254. The maximum absolute atomic E-state index is 10.7. The van der Waals surface area contributed by atoms with Gasteiger partial charge < -0.3 is 9.47 Å². The maximum Gasteiger partial charge on any atom is 0.232 e. The summed E-state index contributed by atoms with van der Waals surface area (Å²) < 4.78 is 31.7. The van der Waals surface area contributed by atoms with Crippen LogP contribution < -0.4 is 0 Å². The molecule has 98 valence electrons. The van der Waals surface area contributed by atoms with Crippen LogP contribution in [-0.2, 0) is 18.5 Å². The van der Waals surface area contributed by atoms with Gasteiger partial charge in [0, 0.05) is 37.6 Å². The molecule has 0 aromatic heterocycles. The second-order valence-corrected chi connectivity index (χ2v) is 6.78. The molecule has 0 heterocycles. The van der Waals surface area contributed by atoms with E-state index in [0.29, 0.717) is 32.2 Å². The Labute approximate surface area is 103 Å². The van der Waals surface area contributed by atoms with Gasteiger partial charge >= 0.3 is 0 Å². The summed E-state index contributed by atoms with van der Waals surface area (Å²) in [5.74, 6) is 0.357. The van der Waals surface area contributed by atoms with Crippen molar-refractivity contribution in [3.63, 3.8) is 0 Å². The van der Waals surface area contributed by atoms with Crippen molar-refractivity contribution in [3.8, 4) is 0 Å². The van der Waals surface area contributed by atoms with Crippen LogP contribution in [0, 0.1) is 5.92 Å². The van der Waals surface area contributed by atoms with Crippen molar-refractivity contribution in [2.45, 2.75) is 26.2 Å². The molecule has 16 heavy (non-hydrogen) atoms. The quantitative estimate of drug-likeness (QED) is 0.451. The van der Waals surface area contributed by atoms with E-state index < -0.39 is 9.05 Å². The number of halogens is 1. The molecule has 0 amide bonds. The highest BCUT2D eigenvalue weighted by Crippen LogP contribution is 2.11. The molecule has 0 fully saturated rings. The van der Waals surface area contributed by atoms with Gasteiger partial charge in [-0.05, 0) is 25.2 Å². The molecule has 0 spiro atoms. The van der Waals surface area contributed by atoms with Crippen molar-refractivity contribution in [2.24, 2.45) is 5.92 Å². The zero-order chi connectivity index (χ0) is 12.4. The lowest BCUT2D eigenvalue weighted by Gasteiger charge is -2.10. The fourth-order valence-electron chi connectivity index (χ4n) is 1.18. The Morgan fingerprint density at radius 3 is 2.44 bits per heavy atom. The summed E-state index contributed by atoms with van der Waals surface area (Å²) in [5, 5.41) is 0. The topological polar surface area (TPSA) is 52.6 Å². The molecular weight excluding hydrogens is 252 g/mol. The van der Waals surface area contributed by atoms with Crippen LogP contribution in [-0.4, -0.2) is 41.1 Å². The first kappa shape index (κ1) is 16.2. The normalized spacial score (nSPS) is 13.9. The minimum absolute atomic E-state index is 0.0411. The van der Waals surface area contributed by atoms with E-state index in [2.05, 4.69) is 0 Å². The van der Waals surface area contributed by atoms with Gasteiger partial charge in [-0.1, -0.05) is 6.92 Å². The highest BCUT2D eigenvalue weighted by Gasteiger charge is 2.09. The number of methoxy groups -OCH3 is 1. The molecule has 0 N–H and O–H groups in total. The van der Waals surface area contributed by atoms with Crippen LogP contribution in [0.2, 0.25) is 0 Å². The molecule has 0 saturated heterocycles. The summed E-state index contributed by atoms with van der Waals surface area (Å²) in [6.45, 7) is 4.06. The molecule has 0 aromatic carbocycles. The van der Waals surface area contributed by atoms with Gasteiger partial charge in [-0.15, -0.1) is 0 Å². The SMILES string of the molecule is COCCCOCCC(C)CCS(=O)(=O)Cl. The van der Waals surface area contributed by atoms with Crippen LogP contribution in [0.4, 0.5) is 0 Å². The molecule has 1 unspecified atom stereocenters. The molecule has 0 saturated carbocycles. The van der Waals surface area contributed by atoms with Gasteiger partial charge in [-0.25, -0.2) is 8.42 Å². The first-order valence-electron chi connectivity index (χ1n) is 5.44. The average molecular weight is 273 g/mol. The van der Waals surface area contributed by atoms with E-state index in [4.69, 9.17) is 20.2 Å². The summed E-state index contributed by atoms with van der Waals surface area (Å²) in [5.41, 5.74) is 0. The monoisotopic (exact) mass is 272 g/mol. The number of hydrogen-bond donors (Lipinski definition) is 0. The predicted octanol–water partition coefficient (Wildman–Crippen LogP) is 2.02. The van der Waals surface area contributed by atoms with Crippen molar-refractivity contribution in [2.75, 3.05) is 32.7 Å². The van der Waals surface area contributed by atoms with E-state index in [1.54, 1.807) is 7.11 Å². The second kappa shape index (κ2) is 9.22. The zero-order valence-corrected chi connectivity index (χ0v) is 11.5. The third kappa shape index (κ3) is 12.2. The summed E-state index contributed by atoms with van der Waals surface area (Å²) in [6, 6.07) is 0. The van der Waals surface area contributed by atoms with Gasteiger partial charge in [0.15, 0.2) is 0 Å². The molecule has 4 nitrogen and oxygen atoms in total. The first-order chi connectivity index (χ1) is 7.45. The molecule has 0 aromatic rings. The molecule has 0 radical (unpaired) electrons. The van der Waals surface area contributed by atoms with Crippen LogP contribution in [0.5, 0.6) is 0 Å². The minimum atomic E-state index is -3.35. The molecule has 0 bridgehead atoms. The highest BCUT2D eigenvalue weighted by molar-refractivity contribution is 8.13. The van der Waals surface area contributed by atoms with Crippen LogP contribution in [0.15, 0.2) is 0 Å². The van der Waals surface area contributed by atoms with E-state index in [-0.39, 0.29) is 5.75 Å². The van der Waals surface area contributed by atoms with E-state index in [0.717, 1.165) is 12.8 Å². The standard InChI is InChI=1S/C10H21ClO4S/c1-10(5-9-16(11,12)13)4-8-15-7-3-6-14-2/h10H,3-9H2,1-2H3. The van der Waals surface area contributed by atoms with Crippen LogP contribution in [0.25, 0.3) is 0 Å². The van der Waals surface area contributed by atoms with Gasteiger partial charge in [-0.3, -0.25) is 0 Å². The largest absolute Gasteiger partial charge is 0.385 e. The Hall–Kier alpha value is 0.160. The average Bonchev–Trinajstić information content (AvgIpc) is 2.19. The van der Waals surface area contributed by atoms with E-state index in [9.17, 15) is 8.42 Å². The third-order valence-electron chi connectivity index (χ3n) is 2.25. The fourth-order valence-corrected chi connectivity index (χ4v) is 2.13. The highest BCUT2D eigenvalue weighted by atomic mass is 35.7. The van der Waals surface area contributed by atoms with Gasteiger partial charge in [0.2, 0.25) is 9.05 Å². The maximum atomic E-state index is 10.7. The van der Waals surface area contributed by atoms with Gasteiger partial charge in [0.1, 0.15) is 0 Å². The summed E-state index contributed by atoms with van der Waals surface area (Å²) >= 11 is 0. The van der Waals surface area contributed by atoms with E-state index in [1.165, 1.54) is 0 Å². The number of ether oxygens (including phenoxy) is 2. The van der Waals surface area contributed by atoms with Gasteiger partial charge in [0.25, 0.3) is 0 Å². The summed E-state index contributed by atoms with van der Waals surface area (Å²) in [7, 11) is 3.44. The smallest absolute Gasteiger partial charge is 0.232 e. The Balaban J connectivity index is 3.34. The lowest BCUT2D eigenvalue weighted by molar-refractivity contribution is 0.0947. The Kier molecular flexibility index (Phi) is 9.31. The number of rotatable bonds is 10. The number of hydrogen-bond acceptors (Lipinski definition) is 4. The molecule has 0 rings (SSSR count). The summed E-state index contributed by atoms with van der Waals surface area (Å²) in [4.78, 5) is 0. The van der Waals surface area contributed by atoms with Crippen molar-refractivity contribution in [1.29, 1.82) is 0 Å².